The third kappa shape index (κ3) is 5.04. The van der Waals surface area contributed by atoms with Gasteiger partial charge in [-0.25, -0.2) is 4.79 Å². The van der Waals surface area contributed by atoms with E-state index in [2.05, 4.69) is 25.8 Å². The topological polar surface area (TPSA) is 73.3 Å². The molecule has 0 spiro atoms. The quantitative estimate of drug-likeness (QED) is 0.927. The molecule has 2 rings (SSSR count). The van der Waals surface area contributed by atoms with Crippen molar-refractivity contribution in [1.29, 1.82) is 0 Å². The highest BCUT2D eigenvalue weighted by Crippen LogP contribution is 2.37. The molecule has 130 valence electrons. The van der Waals surface area contributed by atoms with Gasteiger partial charge in [-0.05, 0) is 32.6 Å². The molecule has 1 fully saturated rings. The van der Waals surface area contributed by atoms with E-state index in [-0.39, 0.29) is 23.2 Å². The summed E-state index contributed by atoms with van der Waals surface area (Å²) in [4.78, 5) is 25.5. The predicted molar refractivity (Wildman–Crippen MR) is 88.5 cm³/mol. The average Bonchev–Trinajstić information content (AvgIpc) is 2.67. The first-order chi connectivity index (χ1) is 10.4. The fourth-order valence-corrected chi connectivity index (χ4v) is 2.89. The second-order valence-corrected chi connectivity index (χ2v) is 8.42. The van der Waals surface area contributed by atoms with E-state index in [1.54, 1.807) is 0 Å². The number of nitrogens with zero attached hydrogens (tertiary/aromatic N) is 1. The van der Waals surface area contributed by atoms with Crippen LogP contribution in [0, 0.1) is 5.41 Å². The normalized spacial score (nSPS) is 25.7. The Morgan fingerprint density at radius 1 is 1.26 bits per heavy atom. The van der Waals surface area contributed by atoms with Crippen LogP contribution in [0.15, 0.2) is 21.9 Å². The predicted octanol–water partition coefficient (Wildman–Crippen LogP) is 2.44. The molecule has 0 bridgehead atoms. The van der Waals surface area contributed by atoms with Gasteiger partial charge in [-0.15, -0.1) is 0 Å². The second-order valence-electron chi connectivity index (χ2n) is 8.42. The van der Waals surface area contributed by atoms with E-state index >= 15 is 0 Å². The largest absolute Gasteiger partial charge is 0.370 e. The lowest BCUT2D eigenvalue weighted by atomic mass is 9.87. The van der Waals surface area contributed by atoms with Crippen LogP contribution in [0.4, 0.5) is 0 Å². The third-order valence-electron chi connectivity index (χ3n) is 3.66. The summed E-state index contributed by atoms with van der Waals surface area (Å²) in [5, 5.41) is 0. The Bertz CT molecular complexity index is 624. The maximum Gasteiger partial charge on any atom is 0.330 e. The molecule has 1 aliphatic rings. The van der Waals surface area contributed by atoms with Gasteiger partial charge in [0.1, 0.15) is 6.23 Å². The Balaban J connectivity index is 2.24. The highest BCUT2D eigenvalue weighted by molar-refractivity contribution is 4.91. The average molecular weight is 324 g/mol. The van der Waals surface area contributed by atoms with E-state index in [1.165, 1.54) is 16.8 Å². The molecule has 0 saturated carbocycles. The number of aromatic nitrogens is 2. The molecule has 6 nitrogen and oxygen atoms in total. The number of aromatic amines is 1. The molecule has 1 aromatic rings. The monoisotopic (exact) mass is 324 g/mol. The highest BCUT2D eigenvalue weighted by Gasteiger charge is 2.41. The van der Waals surface area contributed by atoms with Gasteiger partial charge >= 0.3 is 5.69 Å². The van der Waals surface area contributed by atoms with Crippen LogP contribution in [-0.4, -0.2) is 27.4 Å². The summed E-state index contributed by atoms with van der Waals surface area (Å²) in [6.45, 7) is 12.5. The number of hydrogen-bond acceptors (Lipinski definition) is 4. The Kier molecular flexibility index (Phi) is 4.87. The van der Waals surface area contributed by atoms with Crippen molar-refractivity contribution in [2.45, 2.75) is 78.4 Å². The van der Waals surface area contributed by atoms with Crippen LogP contribution < -0.4 is 11.2 Å². The van der Waals surface area contributed by atoms with Crippen molar-refractivity contribution >= 4 is 0 Å². The van der Waals surface area contributed by atoms with E-state index in [9.17, 15) is 9.59 Å². The number of H-pyrrole nitrogens is 1. The highest BCUT2D eigenvalue weighted by atomic mass is 16.6. The van der Waals surface area contributed by atoms with Gasteiger partial charge in [-0.1, -0.05) is 20.8 Å². The molecule has 0 amide bonds. The van der Waals surface area contributed by atoms with Crippen LogP contribution in [0.2, 0.25) is 0 Å². The summed E-state index contributed by atoms with van der Waals surface area (Å²) in [6.07, 6.45) is 2.32. The van der Waals surface area contributed by atoms with Crippen molar-refractivity contribution in [1.82, 2.24) is 9.55 Å². The minimum atomic E-state index is -0.451. The molecule has 0 radical (unpaired) electrons. The summed E-state index contributed by atoms with van der Waals surface area (Å²) in [5.41, 5.74) is -1.05. The summed E-state index contributed by atoms with van der Waals surface area (Å²) < 4.78 is 13.7. The van der Waals surface area contributed by atoms with Crippen LogP contribution in [0.5, 0.6) is 0 Å². The fourth-order valence-electron chi connectivity index (χ4n) is 2.89. The van der Waals surface area contributed by atoms with Crippen molar-refractivity contribution in [3.05, 3.63) is 33.1 Å². The first-order valence-corrected chi connectivity index (χ1v) is 8.09. The molecule has 1 saturated heterocycles. The minimum absolute atomic E-state index is 0.0851. The van der Waals surface area contributed by atoms with Gasteiger partial charge in [0, 0.05) is 18.7 Å². The summed E-state index contributed by atoms with van der Waals surface area (Å²) in [6, 6.07) is 1.33. The molecule has 6 heteroatoms. The molecule has 1 aliphatic heterocycles. The lowest BCUT2D eigenvalue weighted by molar-refractivity contribution is -0.102. The van der Waals surface area contributed by atoms with Crippen LogP contribution in [-0.2, 0) is 9.47 Å². The zero-order valence-electron chi connectivity index (χ0n) is 14.9. The molecule has 2 heterocycles. The standard InChI is InChI=1S/C17H28N2O4/c1-16(2,3)10-12-11(23-17(4,5)6)9-14(22-12)19-8-7-13(20)18-15(19)21/h7-8,11-12,14H,9-10H2,1-6H3,(H,18,20,21)/t11-,12-,14-/m1/s1. The van der Waals surface area contributed by atoms with E-state index in [0.29, 0.717) is 6.42 Å². The van der Waals surface area contributed by atoms with Gasteiger partial charge in [-0.3, -0.25) is 14.3 Å². The molecule has 1 aromatic heterocycles. The minimum Gasteiger partial charge on any atom is -0.370 e. The van der Waals surface area contributed by atoms with Crippen LogP contribution in [0.1, 0.15) is 60.6 Å². The van der Waals surface area contributed by atoms with Gasteiger partial charge in [0.15, 0.2) is 0 Å². The summed E-state index contributed by atoms with van der Waals surface area (Å²) in [5.74, 6) is 0. The Morgan fingerprint density at radius 3 is 2.43 bits per heavy atom. The number of ether oxygens (including phenoxy) is 2. The van der Waals surface area contributed by atoms with Gasteiger partial charge < -0.3 is 9.47 Å². The van der Waals surface area contributed by atoms with Crippen LogP contribution in [0.25, 0.3) is 0 Å². The van der Waals surface area contributed by atoms with Gasteiger partial charge in [-0.2, -0.15) is 0 Å². The van der Waals surface area contributed by atoms with Crippen molar-refractivity contribution in [3.8, 4) is 0 Å². The molecular formula is C17H28N2O4. The maximum atomic E-state index is 12.0. The van der Waals surface area contributed by atoms with E-state index in [1.807, 2.05) is 20.8 Å². The lowest BCUT2D eigenvalue weighted by Gasteiger charge is -2.31. The first kappa shape index (κ1) is 17.9. The molecule has 1 N–H and O–H groups in total. The van der Waals surface area contributed by atoms with Crippen molar-refractivity contribution in [2.24, 2.45) is 5.41 Å². The SMILES string of the molecule is CC(C)(C)C[C@H]1O[C@@H](n2ccc(=O)[nH]c2=O)C[C@H]1OC(C)(C)C. The van der Waals surface area contributed by atoms with E-state index in [0.717, 1.165) is 6.42 Å². The Labute approximate surface area is 136 Å². The molecule has 0 aliphatic carbocycles. The van der Waals surface area contributed by atoms with Gasteiger partial charge in [0.25, 0.3) is 5.56 Å². The van der Waals surface area contributed by atoms with Crippen molar-refractivity contribution in [3.63, 3.8) is 0 Å². The zero-order valence-corrected chi connectivity index (χ0v) is 14.9. The Hall–Kier alpha value is -1.40. The molecule has 3 atom stereocenters. The number of hydrogen-bond donors (Lipinski definition) is 1. The number of nitrogens with one attached hydrogen (secondary N) is 1. The van der Waals surface area contributed by atoms with E-state index < -0.39 is 17.5 Å². The van der Waals surface area contributed by atoms with Crippen LogP contribution >= 0.6 is 0 Å². The second kappa shape index (κ2) is 6.24. The van der Waals surface area contributed by atoms with E-state index in [4.69, 9.17) is 9.47 Å². The molecular weight excluding hydrogens is 296 g/mol. The zero-order chi connectivity index (χ0) is 17.4. The summed E-state index contributed by atoms with van der Waals surface area (Å²) in [7, 11) is 0. The Morgan fingerprint density at radius 2 is 1.91 bits per heavy atom. The van der Waals surface area contributed by atoms with Crippen LogP contribution in [0.3, 0.4) is 0 Å². The number of rotatable bonds is 3. The fraction of sp³-hybridized carbons (Fsp3) is 0.765. The molecule has 23 heavy (non-hydrogen) atoms. The first-order valence-electron chi connectivity index (χ1n) is 8.09. The molecule has 0 aromatic carbocycles. The van der Waals surface area contributed by atoms with Gasteiger partial charge in [0.05, 0.1) is 17.8 Å². The lowest BCUT2D eigenvalue weighted by Crippen LogP contribution is -2.35. The third-order valence-corrected chi connectivity index (χ3v) is 3.66. The van der Waals surface area contributed by atoms with Crippen molar-refractivity contribution in [2.75, 3.05) is 0 Å². The maximum absolute atomic E-state index is 12.0. The smallest absolute Gasteiger partial charge is 0.330 e. The molecule has 0 unspecified atom stereocenters. The van der Waals surface area contributed by atoms with Crippen molar-refractivity contribution < 1.29 is 9.47 Å². The summed E-state index contributed by atoms with van der Waals surface area (Å²) >= 11 is 0. The van der Waals surface area contributed by atoms with Gasteiger partial charge in [0.2, 0.25) is 0 Å².